The molecule has 2 aromatic heterocycles. The van der Waals surface area contributed by atoms with Gasteiger partial charge in [-0.15, -0.1) is 0 Å². The molecule has 23 heavy (non-hydrogen) atoms. The number of aryl methyl sites for hydroxylation is 2. The summed E-state index contributed by atoms with van der Waals surface area (Å²) in [5, 5.41) is 3.68. The number of aromatic nitrogens is 2. The summed E-state index contributed by atoms with van der Waals surface area (Å²) in [6, 6.07) is 2.80. The summed E-state index contributed by atoms with van der Waals surface area (Å²) in [4.78, 5) is 4.06. The highest BCUT2D eigenvalue weighted by molar-refractivity contribution is 7.87. The van der Waals surface area contributed by atoms with E-state index in [2.05, 4.69) is 14.9 Å². The van der Waals surface area contributed by atoms with Crippen LogP contribution in [0.25, 0.3) is 0 Å². The molecule has 1 aliphatic rings. The van der Waals surface area contributed by atoms with Crippen LogP contribution in [0.4, 0.5) is 0 Å². The fourth-order valence-electron chi connectivity index (χ4n) is 2.78. The van der Waals surface area contributed by atoms with E-state index < -0.39 is 16.3 Å². The number of hydrogen-bond donors (Lipinski definition) is 1. The van der Waals surface area contributed by atoms with Gasteiger partial charge in [0.15, 0.2) is 5.82 Å². The Morgan fingerprint density at radius 2 is 2.17 bits per heavy atom. The van der Waals surface area contributed by atoms with E-state index in [1.165, 1.54) is 4.31 Å². The van der Waals surface area contributed by atoms with Gasteiger partial charge in [0, 0.05) is 6.54 Å². The molecule has 0 unspecified atom stereocenters. The molecule has 1 aliphatic heterocycles. The molecule has 0 aromatic carbocycles. The smallest absolute Gasteiger partial charge is 0.280 e. The topological polar surface area (TPSA) is 101 Å². The monoisotopic (exact) mass is 340 g/mol. The molecule has 1 fully saturated rings. The van der Waals surface area contributed by atoms with E-state index in [4.69, 9.17) is 8.94 Å². The minimum Gasteiger partial charge on any atom is -0.465 e. The summed E-state index contributed by atoms with van der Waals surface area (Å²) >= 11 is 0. The number of furan rings is 1. The number of rotatable bonds is 5. The lowest BCUT2D eigenvalue weighted by molar-refractivity contribution is 0.319. The first kappa shape index (κ1) is 16.2. The zero-order valence-corrected chi connectivity index (χ0v) is 14.1. The van der Waals surface area contributed by atoms with Crippen LogP contribution in [-0.2, 0) is 10.2 Å². The van der Waals surface area contributed by atoms with Gasteiger partial charge in [0.25, 0.3) is 10.2 Å². The van der Waals surface area contributed by atoms with E-state index in [-0.39, 0.29) is 11.9 Å². The molecule has 0 amide bonds. The standard InChI is InChI=1S/C14H20N4O4S/c1-9-6-7-13(21-9)12-5-4-8-18(12)23(19,20)17-10(2)14-15-11(3)16-22-14/h6-7,10,12,17H,4-5,8H2,1-3H3/t10-,12+/m1/s1. The van der Waals surface area contributed by atoms with Gasteiger partial charge < -0.3 is 8.94 Å². The molecule has 3 heterocycles. The highest BCUT2D eigenvalue weighted by Crippen LogP contribution is 2.35. The summed E-state index contributed by atoms with van der Waals surface area (Å²) in [6.07, 6.45) is 1.53. The second-order valence-corrected chi connectivity index (χ2v) is 7.40. The molecule has 0 spiro atoms. The van der Waals surface area contributed by atoms with E-state index in [0.29, 0.717) is 18.1 Å². The van der Waals surface area contributed by atoms with Gasteiger partial charge in [0.2, 0.25) is 5.89 Å². The number of nitrogens with one attached hydrogen (secondary N) is 1. The predicted molar refractivity (Wildman–Crippen MR) is 81.6 cm³/mol. The predicted octanol–water partition coefficient (Wildman–Crippen LogP) is 2.01. The van der Waals surface area contributed by atoms with Gasteiger partial charge in [-0.2, -0.15) is 22.4 Å². The van der Waals surface area contributed by atoms with Crippen molar-refractivity contribution < 1.29 is 17.4 Å². The lowest BCUT2D eigenvalue weighted by atomic mass is 10.2. The van der Waals surface area contributed by atoms with Gasteiger partial charge in [-0.3, -0.25) is 0 Å². The maximum atomic E-state index is 12.7. The van der Waals surface area contributed by atoms with Crippen molar-refractivity contribution in [3.8, 4) is 0 Å². The Morgan fingerprint density at radius 1 is 1.39 bits per heavy atom. The Hall–Kier alpha value is -1.71. The van der Waals surface area contributed by atoms with Gasteiger partial charge in [0.05, 0.1) is 12.1 Å². The van der Waals surface area contributed by atoms with Crippen LogP contribution in [-0.4, -0.2) is 29.4 Å². The molecule has 8 nitrogen and oxygen atoms in total. The maximum Gasteiger partial charge on any atom is 0.280 e. The summed E-state index contributed by atoms with van der Waals surface area (Å²) < 4.78 is 40.1. The molecule has 1 N–H and O–H groups in total. The van der Waals surface area contributed by atoms with Gasteiger partial charge in [-0.25, -0.2) is 0 Å². The zero-order chi connectivity index (χ0) is 16.6. The van der Waals surface area contributed by atoms with Crippen molar-refractivity contribution >= 4 is 10.2 Å². The van der Waals surface area contributed by atoms with Gasteiger partial charge in [-0.05, 0) is 45.7 Å². The van der Waals surface area contributed by atoms with Crippen LogP contribution in [0.5, 0.6) is 0 Å². The maximum absolute atomic E-state index is 12.7. The first-order valence-corrected chi connectivity index (χ1v) is 8.96. The molecular weight excluding hydrogens is 320 g/mol. The Kier molecular flexibility index (Phi) is 4.26. The van der Waals surface area contributed by atoms with Crippen LogP contribution in [0.1, 0.15) is 55.1 Å². The normalized spacial score (nSPS) is 20.9. The molecule has 2 atom stereocenters. The van der Waals surface area contributed by atoms with Crippen LogP contribution in [0.15, 0.2) is 21.1 Å². The molecule has 0 bridgehead atoms. The van der Waals surface area contributed by atoms with Crippen LogP contribution < -0.4 is 4.72 Å². The van der Waals surface area contributed by atoms with Crippen molar-refractivity contribution in [2.24, 2.45) is 0 Å². The lowest BCUT2D eigenvalue weighted by Crippen LogP contribution is -2.41. The molecular formula is C14H20N4O4S. The third-order valence-electron chi connectivity index (χ3n) is 3.84. The van der Waals surface area contributed by atoms with Gasteiger partial charge in [-0.1, -0.05) is 5.16 Å². The van der Waals surface area contributed by atoms with E-state index in [1.807, 2.05) is 19.1 Å². The van der Waals surface area contributed by atoms with Crippen molar-refractivity contribution in [1.29, 1.82) is 0 Å². The first-order valence-electron chi connectivity index (χ1n) is 7.52. The van der Waals surface area contributed by atoms with Crippen LogP contribution in [0.2, 0.25) is 0 Å². The fraction of sp³-hybridized carbons (Fsp3) is 0.571. The average molecular weight is 340 g/mol. The summed E-state index contributed by atoms with van der Waals surface area (Å²) in [5.41, 5.74) is 0. The summed E-state index contributed by atoms with van der Waals surface area (Å²) in [5.74, 6) is 2.16. The highest BCUT2D eigenvalue weighted by Gasteiger charge is 2.38. The Bertz CT molecular complexity index is 782. The quantitative estimate of drug-likeness (QED) is 0.893. The number of nitrogens with zero attached hydrogens (tertiary/aromatic N) is 3. The van der Waals surface area contributed by atoms with Crippen LogP contribution in [0, 0.1) is 13.8 Å². The van der Waals surface area contributed by atoms with E-state index >= 15 is 0 Å². The van der Waals surface area contributed by atoms with E-state index in [0.717, 1.165) is 18.6 Å². The average Bonchev–Trinajstić information content (AvgIpc) is 3.17. The molecule has 2 aromatic rings. The van der Waals surface area contributed by atoms with E-state index in [1.54, 1.807) is 13.8 Å². The van der Waals surface area contributed by atoms with E-state index in [9.17, 15) is 8.42 Å². The second kappa shape index (κ2) is 6.06. The molecule has 1 saturated heterocycles. The molecule has 0 aliphatic carbocycles. The Labute approximate surface area is 135 Å². The van der Waals surface area contributed by atoms with Crippen molar-refractivity contribution in [1.82, 2.24) is 19.2 Å². The molecule has 0 radical (unpaired) electrons. The summed E-state index contributed by atoms with van der Waals surface area (Å²) in [6.45, 7) is 5.65. The Balaban J connectivity index is 1.78. The Morgan fingerprint density at radius 3 is 2.78 bits per heavy atom. The van der Waals surface area contributed by atoms with Crippen molar-refractivity contribution in [2.45, 2.75) is 45.7 Å². The van der Waals surface area contributed by atoms with Crippen molar-refractivity contribution in [3.63, 3.8) is 0 Å². The van der Waals surface area contributed by atoms with Crippen molar-refractivity contribution in [2.75, 3.05) is 6.54 Å². The largest absolute Gasteiger partial charge is 0.465 e. The minimum absolute atomic E-state index is 0.246. The molecule has 0 saturated carbocycles. The first-order chi connectivity index (χ1) is 10.9. The fourth-order valence-corrected chi connectivity index (χ4v) is 4.37. The second-order valence-electron chi connectivity index (χ2n) is 5.74. The summed E-state index contributed by atoms with van der Waals surface area (Å²) in [7, 11) is -3.69. The SMILES string of the molecule is Cc1noc([C@@H](C)NS(=O)(=O)N2CCC[C@H]2c2ccc(C)o2)n1. The number of hydrogen-bond acceptors (Lipinski definition) is 6. The third kappa shape index (κ3) is 3.31. The third-order valence-corrected chi connectivity index (χ3v) is 5.55. The zero-order valence-electron chi connectivity index (χ0n) is 13.3. The minimum atomic E-state index is -3.69. The van der Waals surface area contributed by atoms with Crippen LogP contribution in [0.3, 0.4) is 0 Å². The van der Waals surface area contributed by atoms with Gasteiger partial charge >= 0.3 is 0 Å². The highest BCUT2D eigenvalue weighted by atomic mass is 32.2. The molecule has 126 valence electrons. The van der Waals surface area contributed by atoms with Gasteiger partial charge in [0.1, 0.15) is 11.5 Å². The molecule has 9 heteroatoms. The lowest BCUT2D eigenvalue weighted by Gasteiger charge is -2.24. The van der Waals surface area contributed by atoms with Crippen LogP contribution >= 0.6 is 0 Å². The molecule has 3 rings (SSSR count). The van der Waals surface area contributed by atoms with Crippen molar-refractivity contribution in [3.05, 3.63) is 35.4 Å².